The normalized spacial score (nSPS) is 26.7. The van der Waals surface area contributed by atoms with Gasteiger partial charge in [-0.1, -0.05) is 0 Å². The molecule has 1 aliphatic heterocycles. The quantitative estimate of drug-likeness (QED) is 0.618. The fourth-order valence-electron chi connectivity index (χ4n) is 1.49. The molecule has 1 aliphatic rings. The van der Waals surface area contributed by atoms with E-state index in [0.717, 1.165) is 12.8 Å². The van der Waals surface area contributed by atoms with Crippen LogP contribution in [0.1, 0.15) is 12.8 Å². The standard InChI is InChI=1S/C7H12F3N/c8-4-6-2-1-3-11(6)5-7(9)10/h6-7H,1-5H2. The van der Waals surface area contributed by atoms with E-state index < -0.39 is 13.1 Å². The molecule has 1 saturated heterocycles. The molecule has 0 bridgehead atoms. The van der Waals surface area contributed by atoms with Crippen molar-refractivity contribution in [2.24, 2.45) is 0 Å². The highest BCUT2D eigenvalue weighted by atomic mass is 19.3. The van der Waals surface area contributed by atoms with Crippen LogP contribution in [0, 0.1) is 0 Å². The minimum absolute atomic E-state index is 0.246. The molecule has 0 aromatic carbocycles. The van der Waals surface area contributed by atoms with Gasteiger partial charge in [0.15, 0.2) is 0 Å². The van der Waals surface area contributed by atoms with Crippen LogP contribution in [-0.4, -0.2) is 37.1 Å². The Balaban J connectivity index is 2.31. The molecular formula is C7H12F3N. The second kappa shape index (κ2) is 3.95. The van der Waals surface area contributed by atoms with Crippen molar-refractivity contribution >= 4 is 0 Å². The fourth-order valence-corrected chi connectivity index (χ4v) is 1.49. The second-order valence-corrected chi connectivity index (χ2v) is 2.84. The number of alkyl halides is 3. The van der Waals surface area contributed by atoms with Crippen molar-refractivity contribution < 1.29 is 13.2 Å². The Bertz CT molecular complexity index is 118. The molecule has 0 aromatic heterocycles. The van der Waals surface area contributed by atoms with Gasteiger partial charge in [0, 0.05) is 6.04 Å². The highest BCUT2D eigenvalue weighted by molar-refractivity contribution is 4.78. The Morgan fingerprint density at radius 1 is 1.45 bits per heavy atom. The van der Waals surface area contributed by atoms with Gasteiger partial charge in [0.1, 0.15) is 6.67 Å². The van der Waals surface area contributed by atoms with Gasteiger partial charge in [0.2, 0.25) is 0 Å². The third-order valence-corrected chi connectivity index (χ3v) is 2.05. The Kier molecular flexibility index (Phi) is 3.17. The van der Waals surface area contributed by atoms with Crippen LogP contribution >= 0.6 is 0 Å². The summed E-state index contributed by atoms with van der Waals surface area (Å²) in [5.74, 6) is 0. The smallest absolute Gasteiger partial charge is 0.251 e. The minimum Gasteiger partial charge on any atom is -0.292 e. The molecule has 4 heteroatoms. The molecule has 0 amide bonds. The SMILES string of the molecule is FCC1CCCN1CC(F)F. The molecule has 1 heterocycles. The van der Waals surface area contributed by atoms with Crippen LogP contribution in [0.3, 0.4) is 0 Å². The average Bonchev–Trinajstić information content (AvgIpc) is 2.34. The monoisotopic (exact) mass is 167 g/mol. The van der Waals surface area contributed by atoms with Crippen LogP contribution in [0.4, 0.5) is 13.2 Å². The molecule has 0 N–H and O–H groups in total. The van der Waals surface area contributed by atoms with E-state index in [1.54, 1.807) is 0 Å². The number of halogens is 3. The average molecular weight is 167 g/mol. The lowest BCUT2D eigenvalue weighted by molar-refractivity contribution is 0.0766. The lowest BCUT2D eigenvalue weighted by Gasteiger charge is -2.20. The molecule has 1 rings (SSSR count). The maximum atomic E-state index is 12.1. The van der Waals surface area contributed by atoms with Crippen LogP contribution in [0.5, 0.6) is 0 Å². The van der Waals surface area contributed by atoms with Gasteiger partial charge in [-0.25, -0.2) is 13.2 Å². The predicted octanol–water partition coefficient (Wildman–Crippen LogP) is 1.69. The van der Waals surface area contributed by atoms with Gasteiger partial charge in [-0.05, 0) is 19.4 Å². The van der Waals surface area contributed by atoms with Crippen molar-refractivity contribution in [3.8, 4) is 0 Å². The molecule has 1 atom stereocenters. The summed E-state index contributed by atoms with van der Waals surface area (Å²) in [6.07, 6.45) is -0.757. The molecule has 11 heavy (non-hydrogen) atoms. The molecule has 0 aromatic rings. The van der Waals surface area contributed by atoms with Gasteiger partial charge in [-0.3, -0.25) is 4.90 Å². The second-order valence-electron chi connectivity index (χ2n) is 2.84. The third kappa shape index (κ3) is 2.36. The van der Waals surface area contributed by atoms with Gasteiger partial charge < -0.3 is 0 Å². The number of hydrogen-bond donors (Lipinski definition) is 0. The van der Waals surface area contributed by atoms with E-state index in [1.807, 2.05) is 0 Å². The highest BCUT2D eigenvalue weighted by Crippen LogP contribution is 2.18. The van der Waals surface area contributed by atoms with Gasteiger partial charge in [0.25, 0.3) is 6.43 Å². The summed E-state index contributed by atoms with van der Waals surface area (Å²) in [6.45, 7) is -0.139. The first-order valence-electron chi connectivity index (χ1n) is 3.82. The van der Waals surface area contributed by atoms with E-state index in [0.29, 0.717) is 6.54 Å². The van der Waals surface area contributed by atoms with E-state index in [2.05, 4.69) is 0 Å². The van der Waals surface area contributed by atoms with Crippen LogP contribution in [-0.2, 0) is 0 Å². The topological polar surface area (TPSA) is 3.24 Å². The number of rotatable bonds is 3. The predicted molar refractivity (Wildman–Crippen MR) is 36.6 cm³/mol. The summed E-state index contributed by atoms with van der Waals surface area (Å²) in [5.41, 5.74) is 0. The molecule has 0 spiro atoms. The number of nitrogens with zero attached hydrogens (tertiary/aromatic N) is 1. The Hall–Kier alpha value is -0.250. The zero-order valence-electron chi connectivity index (χ0n) is 6.27. The van der Waals surface area contributed by atoms with Crippen molar-refractivity contribution in [3.05, 3.63) is 0 Å². The summed E-state index contributed by atoms with van der Waals surface area (Å²) in [4.78, 5) is 1.53. The zero-order chi connectivity index (χ0) is 8.27. The molecule has 66 valence electrons. The number of hydrogen-bond acceptors (Lipinski definition) is 1. The molecular weight excluding hydrogens is 155 g/mol. The van der Waals surface area contributed by atoms with Crippen molar-refractivity contribution in [3.63, 3.8) is 0 Å². The van der Waals surface area contributed by atoms with Crippen LogP contribution in [0.15, 0.2) is 0 Å². The highest BCUT2D eigenvalue weighted by Gasteiger charge is 2.26. The minimum atomic E-state index is -2.33. The van der Waals surface area contributed by atoms with Crippen LogP contribution in [0.25, 0.3) is 0 Å². The fraction of sp³-hybridized carbons (Fsp3) is 1.00. The Morgan fingerprint density at radius 3 is 2.73 bits per heavy atom. The van der Waals surface area contributed by atoms with Crippen LogP contribution in [0.2, 0.25) is 0 Å². The molecule has 0 aliphatic carbocycles. The van der Waals surface area contributed by atoms with E-state index >= 15 is 0 Å². The van der Waals surface area contributed by atoms with Gasteiger partial charge in [0.05, 0.1) is 6.54 Å². The first-order chi connectivity index (χ1) is 5.24. The summed E-state index contributed by atoms with van der Waals surface area (Å²) in [5, 5.41) is 0. The molecule has 1 unspecified atom stereocenters. The van der Waals surface area contributed by atoms with Crippen molar-refractivity contribution in [1.82, 2.24) is 4.90 Å². The Morgan fingerprint density at radius 2 is 2.18 bits per heavy atom. The summed E-state index contributed by atoms with van der Waals surface area (Å²) < 4.78 is 35.8. The van der Waals surface area contributed by atoms with Gasteiger partial charge in [-0.2, -0.15) is 0 Å². The maximum absolute atomic E-state index is 12.1. The number of likely N-dealkylation sites (tertiary alicyclic amines) is 1. The Labute approximate surface area is 64.2 Å². The summed E-state index contributed by atoms with van der Waals surface area (Å²) in [7, 11) is 0. The van der Waals surface area contributed by atoms with E-state index in [9.17, 15) is 13.2 Å². The lowest BCUT2D eigenvalue weighted by atomic mass is 10.2. The van der Waals surface area contributed by atoms with E-state index in [1.165, 1.54) is 4.90 Å². The van der Waals surface area contributed by atoms with Crippen molar-refractivity contribution in [2.75, 3.05) is 19.8 Å². The van der Waals surface area contributed by atoms with Crippen molar-refractivity contribution in [2.45, 2.75) is 25.3 Å². The van der Waals surface area contributed by atoms with Gasteiger partial charge in [-0.15, -0.1) is 0 Å². The lowest BCUT2D eigenvalue weighted by Crippen LogP contribution is -2.34. The zero-order valence-corrected chi connectivity index (χ0v) is 6.27. The molecule has 1 nitrogen and oxygen atoms in total. The van der Waals surface area contributed by atoms with Crippen molar-refractivity contribution in [1.29, 1.82) is 0 Å². The largest absolute Gasteiger partial charge is 0.292 e. The molecule has 0 radical (unpaired) electrons. The van der Waals surface area contributed by atoms with E-state index in [-0.39, 0.29) is 12.6 Å². The third-order valence-electron chi connectivity index (χ3n) is 2.05. The molecule has 0 saturated carbocycles. The first kappa shape index (κ1) is 8.84. The van der Waals surface area contributed by atoms with Gasteiger partial charge >= 0.3 is 0 Å². The summed E-state index contributed by atoms with van der Waals surface area (Å²) >= 11 is 0. The molecule has 1 fully saturated rings. The van der Waals surface area contributed by atoms with Crippen LogP contribution < -0.4 is 0 Å². The maximum Gasteiger partial charge on any atom is 0.251 e. The summed E-state index contributed by atoms with van der Waals surface area (Å²) in [6, 6.07) is -0.246. The van der Waals surface area contributed by atoms with E-state index in [4.69, 9.17) is 0 Å². The first-order valence-corrected chi connectivity index (χ1v) is 3.82.